The lowest BCUT2D eigenvalue weighted by molar-refractivity contribution is 0.592. The highest BCUT2D eigenvalue weighted by molar-refractivity contribution is 7.81. The fraction of sp³-hybridized carbons (Fsp3) is 0.167. The molecule has 0 saturated heterocycles. The minimum absolute atomic E-state index is 0.885. The van der Waals surface area contributed by atoms with Gasteiger partial charge < -0.3 is 4.57 Å². The van der Waals surface area contributed by atoms with Crippen LogP contribution in [0, 0.1) is 0 Å². The fourth-order valence-corrected chi connectivity index (χ4v) is 5.66. The van der Waals surface area contributed by atoms with Crippen molar-refractivity contribution in [3.8, 4) is 0 Å². The maximum Gasteiger partial charge on any atom is 0.164 e. The molecular weight excluding hydrogens is 335 g/mol. The molecule has 132 valence electrons. The predicted octanol–water partition coefficient (Wildman–Crippen LogP) is 6.23. The van der Waals surface area contributed by atoms with Gasteiger partial charge in [-0.3, -0.25) is 0 Å². The van der Waals surface area contributed by atoms with Crippen LogP contribution in [0.5, 0.6) is 0 Å². The molecule has 0 saturated carbocycles. The first kappa shape index (κ1) is 18.4. The molecular formula is C24H25OP. The molecule has 0 aromatic heterocycles. The lowest BCUT2D eigenvalue weighted by atomic mass is 10.0. The Morgan fingerprint density at radius 1 is 0.769 bits per heavy atom. The van der Waals surface area contributed by atoms with Crippen LogP contribution < -0.4 is 10.6 Å². The van der Waals surface area contributed by atoms with E-state index in [4.69, 9.17) is 0 Å². The van der Waals surface area contributed by atoms with Crippen LogP contribution in [0.4, 0.5) is 0 Å². The van der Waals surface area contributed by atoms with E-state index in [-0.39, 0.29) is 0 Å². The molecule has 3 aromatic rings. The Hall–Kier alpha value is -2.37. The molecule has 0 heterocycles. The van der Waals surface area contributed by atoms with E-state index in [1.165, 1.54) is 5.57 Å². The van der Waals surface area contributed by atoms with Gasteiger partial charge in [-0.1, -0.05) is 104 Å². The van der Waals surface area contributed by atoms with Crippen LogP contribution in [0.25, 0.3) is 5.57 Å². The zero-order valence-electron chi connectivity index (χ0n) is 15.2. The highest BCUT2D eigenvalue weighted by Crippen LogP contribution is 2.48. The summed E-state index contributed by atoms with van der Waals surface area (Å²) in [5.74, 6) is 2.04. The van der Waals surface area contributed by atoms with Gasteiger partial charge in [-0.15, -0.1) is 0 Å². The standard InChI is InChI=1S/C24H25OP/c1-2-3-13-22(21-14-7-4-8-15-21)20-26(25,23-16-9-5-10-17-23)24-18-11-6-12-19-24/h4-12,14-20H,2-3,13H2,1H3/b22-20+. The molecule has 0 aliphatic carbocycles. The molecule has 0 bridgehead atoms. The largest absolute Gasteiger partial charge is 0.309 e. The van der Waals surface area contributed by atoms with Gasteiger partial charge in [0.05, 0.1) is 0 Å². The summed E-state index contributed by atoms with van der Waals surface area (Å²) in [5.41, 5.74) is 2.33. The lowest BCUT2D eigenvalue weighted by Gasteiger charge is -2.18. The molecule has 2 heteroatoms. The van der Waals surface area contributed by atoms with Gasteiger partial charge in [0.2, 0.25) is 0 Å². The number of hydrogen-bond acceptors (Lipinski definition) is 1. The number of unbranched alkanes of at least 4 members (excludes halogenated alkanes) is 1. The topological polar surface area (TPSA) is 17.1 Å². The van der Waals surface area contributed by atoms with Crippen molar-refractivity contribution in [2.45, 2.75) is 26.2 Å². The third kappa shape index (κ3) is 4.23. The molecule has 0 amide bonds. The second-order valence-corrected chi connectivity index (χ2v) is 9.06. The highest BCUT2D eigenvalue weighted by atomic mass is 31.2. The summed E-state index contributed by atoms with van der Waals surface area (Å²) >= 11 is 0. The van der Waals surface area contributed by atoms with Crippen LogP contribution in [-0.4, -0.2) is 0 Å². The van der Waals surface area contributed by atoms with E-state index in [1.807, 2.05) is 84.7 Å². The molecule has 0 unspecified atom stereocenters. The molecule has 0 radical (unpaired) electrons. The van der Waals surface area contributed by atoms with Gasteiger partial charge in [0.25, 0.3) is 0 Å². The van der Waals surface area contributed by atoms with Crippen molar-refractivity contribution in [2.24, 2.45) is 0 Å². The third-order valence-corrected chi connectivity index (χ3v) is 7.37. The first-order valence-corrected chi connectivity index (χ1v) is 11.0. The van der Waals surface area contributed by atoms with E-state index in [9.17, 15) is 4.57 Å². The van der Waals surface area contributed by atoms with E-state index < -0.39 is 7.14 Å². The second kappa shape index (κ2) is 8.83. The average Bonchev–Trinajstić information content (AvgIpc) is 2.73. The highest BCUT2D eigenvalue weighted by Gasteiger charge is 2.25. The van der Waals surface area contributed by atoms with Gasteiger partial charge in [0, 0.05) is 10.6 Å². The molecule has 0 spiro atoms. The second-order valence-electron chi connectivity index (χ2n) is 6.45. The van der Waals surface area contributed by atoms with Crippen LogP contribution in [0.3, 0.4) is 0 Å². The fourth-order valence-electron chi connectivity index (χ4n) is 3.12. The molecule has 0 N–H and O–H groups in total. The number of rotatable bonds is 7. The Bertz CT molecular complexity index is 840. The summed E-state index contributed by atoms with van der Waals surface area (Å²) in [6, 6.07) is 30.1. The molecule has 3 rings (SSSR count). The quantitative estimate of drug-likeness (QED) is 0.456. The molecule has 0 fully saturated rings. The van der Waals surface area contributed by atoms with Crippen molar-refractivity contribution in [1.29, 1.82) is 0 Å². The van der Waals surface area contributed by atoms with Gasteiger partial charge in [0.15, 0.2) is 7.14 Å². The van der Waals surface area contributed by atoms with Crippen LogP contribution in [0.15, 0.2) is 96.8 Å². The average molecular weight is 360 g/mol. The van der Waals surface area contributed by atoms with Crippen molar-refractivity contribution in [3.63, 3.8) is 0 Å². The molecule has 0 aliphatic rings. The third-order valence-electron chi connectivity index (χ3n) is 4.56. The molecule has 26 heavy (non-hydrogen) atoms. The van der Waals surface area contributed by atoms with Crippen molar-refractivity contribution in [3.05, 3.63) is 102 Å². The Morgan fingerprint density at radius 2 is 1.23 bits per heavy atom. The Kier molecular flexibility index (Phi) is 6.26. The number of benzene rings is 3. The van der Waals surface area contributed by atoms with E-state index in [2.05, 4.69) is 19.1 Å². The Morgan fingerprint density at radius 3 is 1.69 bits per heavy atom. The smallest absolute Gasteiger partial charge is 0.164 e. The number of hydrogen-bond donors (Lipinski definition) is 0. The minimum atomic E-state index is -2.85. The SMILES string of the molecule is CCCC/C(=C\P(=O)(c1ccccc1)c1ccccc1)c1ccccc1. The van der Waals surface area contributed by atoms with E-state index in [0.717, 1.165) is 35.4 Å². The summed E-state index contributed by atoms with van der Waals surface area (Å²) < 4.78 is 14.3. The maximum atomic E-state index is 14.3. The van der Waals surface area contributed by atoms with Gasteiger partial charge in [-0.25, -0.2) is 0 Å². The summed E-state index contributed by atoms with van der Waals surface area (Å²) in [5, 5.41) is 1.77. The first-order valence-electron chi connectivity index (χ1n) is 9.22. The van der Waals surface area contributed by atoms with Crippen molar-refractivity contribution >= 4 is 23.3 Å². The Labute approximate surface area is 156 Å². The van der Waals surface area contributed by atoms with Gasteiger partial charge >= 0.3 is 0 Å². The van der Waals surface area contributed by atoms with Crippen molar-refractivity contribution in [2.75, 3.05) is 0 Å². The monoisotopic (exact) mass is 360 g/mol. The molecule has 1 nitrogen and oxygen atoms in total. The van der Waals surface area contributed by atoms with Crippen LogP contribution >= 0.6 is 7.14 Å². The molecule has 3 aromatic carbocycles. The zero-order chi connectivity index (χ0) is 18.2. The van der Waals surface area contributed by atoms with Gasteiger partial charge in [-0.05, 0) is 29.8 Å². The van der Waals surface area contributed by atoms with Gasteiger partial charge in [0.1, 0.15) is 0 Å². The maximum absolute atomic E-state index is 14.3. The lowest BCUT2D eigenvalue weighted by Crippen LogP contribution is -2.14. The summed E-state index contributed by atoms with van der Waals surface area (Å²) in [6.45, 7) is 2.19. The Balaban J connectivity index is 2.17. The van der Waals surface area contributed by atoms with E-state index >= 15 is 0 Å². The normalized spacial score (nSPS) is 12.1. The van der Waals surface area contributed by atoms with E-state index in [1.54, 1.807) is 0 Å². The molecule has 0 atom stereocenters. The first-order chi connectivity index (χ1) is 12.7. The van der Waals surface area contributed by atoms with Crippen molar-refractivity contribution < 1.29 is 4.57 Å². The predicted molar refractivity (Wildman–Crippen MR) is 114 cm³/mol. The van der Waals surface area contributed by atoms with Crippen LogP contribution in [0.2, 0.25) is 0 Å². The number of allylic oxidation sites excluding steroid dienone is 1. The summed E-state index contributed by atoms with van der Waals surface area (Å²) in [4.78, 5) is 0. The summed E-state index contributed by atoms with van der Waals surface area (Å²) in [6.07, 6.45) is 3.14. The summed E-state index contributed by atoms with van der Waals surface area (Å²) in [7, 11) is -2.85. The van der Waals surface area contributed by atoms with E-state index in [0.29, 0.717) is 0 Å². The minimum Gasteiger partial charge on any atom is -0.309 e. The van der Waals surface area contributed by atoms with Crippen LogP contribution in [-0.2, 0) is 4.57 Å². The van der Waals surface area contributed by atoms with Crippen LogP contribution in [0.1, 0.15) is 31.7 Å². The van der Waals surface area contributed by atoms with Crippen molar-refractivity contribution in [1.82, 2.24) is 0 Å². The zero-order valence-corrected chi connectivity index (χ0v) is 16.1. The van der Waals surface area contributed by atoms with Gasteiger partial charge in [-0.2, -0.15) is 0 Å². The molecule has 0 aliphatic heterocycles.